The van der Waals surface area contributed by atoms with Crippen LogP contribution in [-0.2, 0) is 14.3 Å². The van der Waals surface area contributed by atoms with Crippen molar-refractivity contribution in [2.45, 2.75) is 0 Å². The van der Waals surface area contributed by atoms with E-state index in [-0.39, 0.29) is 0 Å². The zero-order valence-electron chi connectivity index (χ0n) is 15.0. The molecule has 3 aromatic carbocycles. The van der Waals surface area contributed by atoms with Gasteiger partial charge in [0.1, 0.15) is 11.4 Å². The topological polar surface area (TPSA) is 102 Å². The highest BCUT2D eigenvalue weighted by atomic mass is 16.6. The van der Waals surface area contributed by atoms with Gasteiger partial charge in [0.05, 0.1) is 11.1 Å². The first-order valence-electron chi connectivity index (χ1n) is 8.27. The number of carbonyl (C=O) groups excluding carboxylic acids is 4. The molecule has 142 valence electrons. The van der Waals surface area contributed by atoms with Crippen molar-refractivity contribution >= 4 is 35.5 Å². The summed E-state index contributed by atoms with van der Waals surface area (Å²) in [7, 11) is 0. The van der Waals surface area contributed by atoms with Crippen LogP contribution in [0.4, 0.5) is 11.4 Å². The molecule has 0 amide bonds. The third-order valence-electron chi connectivity index (χ3n) is 3.42. The Morgan fingerprint density at radius 2 is 0.931 bits per heavy atom. The molecule has 0 aliphatic carbocycles. The lowest BCUT2D eigenvalue weighted by Crippen LogP contribution is -2.12. The molecule has 3 rings (SSSR count). The van der Waals surface area contributed by atoms with Crippen LogP contribution in [0.25, 0.3) is 0 Å². The standard InChI is InChI=1S/C14H10O3.C8H4N2O2/c15-13(11-7-3-1-4-8-11)17-14(16)12-9-5-2-6-10-12;11-5-9-7-3-1-2-4-8(7)10-6-12/h1-10H;1-4H. The number of aliphatic imine (C=N–C) groups is 2. The van der Waals surface area contributed by atoms with E-state index in [1.807, 2.05) is 0 Å². The molecule has 0 aliphatic heterocycles. The highest BCUT2D eigenvalue weighted by Crippen LogP contribution is 2.25. The number of rotatable bonds is 4. The summed E-state index contributed by atoms with van der Waals surface area (Å²) in [5, 5.41) is 0. The number of nitrogens with zero attached hydrogens (tertiary/aromatic N) is 2. The summed E-state index contributed by atoms with van der Waals surface area (Å²) in [5.41, 5.74) is 1.35. The van der Waals surface area contributed by atoms with E-state index >= 15 is 0 Å². The van der Waals surface area contributed by atoms with Gasteiger partial charge in [-0.1, -0.05) is 48.5 Å². The molecule has 0 N–H and O–H groups in total. The molecular formula is C22H14N2O5. The highest BCUT2D eigenvalue weighted by Gasteiger charge is 2.13. The lowest BCUT2D eigenvalue weighted by molar-refractivity contribution is 0.0397. The van der Waals surface area contributed by atoms with Crippen LogP contribution in [-0.4, -0.2) is 24.1 Å². The van der Waals surface area contributed by atoms with Crippen molar-refractivity contribution in [2.75, 3.05) is 0 Å². The van der Waals surface area contributed by atoms with Crippen molar-refractivity contribution in [1.82, 2.24) is 0 Å². The second kappa shape index (κ2) is 11.3. The predicted octanol–water partition coefficient (Wildman–Crippen LogP) is 4.31. The molecule has 0 atom stereocenters. The van der Waals surface area contributed by atoms with Crippen molar-refractivity contribution in [3.8, 4) is 0 Å². The number of benzene rings is 3. The quantitative estimate of drug-likeness (QED) is 0.288. The fourth-order valence-corrected chi connectivity index (χ4v) is 2.10. The van der Waals surface area contributed by atoms with E-state index in [1.165, 1.54) is 12.2 Å². The van der Waals surface area contributed by atoms with Crippen molar-refractivity contribution in [2.24, 2.45) is 9.98 Å². The Morgan fingerprint density at radius 3 is 1.28 bits per heavy atom. The van der Waals surface area contributed by atoms with Gasteiger partial charge in [0.2, 0.25) is 12.2 Å². The fraction of sp³-hybridized carbons (Fsp3) is 0. The average molecular weight is 386 g/mol. The molecule has 0 aliphatic rings. The van der Waals surface area contributed by atoms with Crippen molar-refractivity contribution < 1.29 is 23.9 Å². The van der Waals surface area contributed by atoms with E-state index in [2.05, 4.69) is 9.98 Å². The van der Waals surface area contributed by atoms with E-state index in [0.29, 0.717) is 22.5 Å². The van der Waals surface area contributed by atoms with Crippen LogP contribution in [0.3, 0.4) is 0 Å². The maximum absolute atomic E-state index is 11.6. The van der Waals surface area contributed by atoms with Crippen LogP contribution >= 0.6 is 0 Å². The third-order valence-corrected chi connectivity index (χ3v) is 3.42. The van der Waals surface area contributed by atoms with Gasteiger partial charge in [-0.15, -0.1) is 0 Å². The molecule has 0 heterocycles. The Labute approximate surface area is 166 Å². The molecule has 0 aromatic heterocycles. The number of para-hydroxylation sites is 2. The van der Waals surface area contributed by atoms with Gasteiger partial charge < -0.3 is 4.74 Å². The molecular weight excluding hydrogens is 372 g/mol. The van der Waals surface area contributed by atoms with Crippen LogP contribution in [0, 0.1) is 0 Å². The van der Waals surface area contributed by atoms with E-state index < -0.39 is 11.9 Å². The Hall–Kier alpha value is -4.44. The molecule has 0 saturated carbocycles. The van der Waals surface area contributed by atoms with Gasteiger partial charge in [-0.3, -0.25) is 0 Å². The molecule has 3 aromatic rings. The molecule has 0 saturated heterocycles. The van der Waals surface area contributed by atoms with E-state index in [1.54, 1.807) is 84.9 Å². The SMILES string of the molecule is O=C(OC(=O)c1ccccc1)c1ccccc1.O=C=Nc1ccccc1N=C=O. The van der Waals surface area contributed by atoms with Gasteiger partial charge in [-0.25, -0.2) is 19.2 Å². The summed E-state index contributed by atoms with van der Waals surface area (Å²) < 4.78 is 4.74. The zero-order chi connectivity index (χ0) is 20.9. The minimum atomic E-state index is -0.639. The predicted molar refractivity (Wildman–Crippen MR) is 105 cm³/mol. The number of hydrogen-bond donors (Lipinski definition) is 0. The Bertz CT molecular complexity index is 982. The van der Waals surface area contributed by atoms with Crippen molar-refractivity contribution in [3.63, 3.8) is 0 Å². The second-order valence-electron chi connectivity index (χ2n) is 5.30. The highest BCUT2D eigenvalue weighted by molar-refractivity contribution is 6.02. The molecule has 29 heavy (non-hydrogen) atoms. The third kappa shape index (κ3) is 6.66. The molecule has 0 bridgehead atoms. The van der Waals surface area contributed by atoms with Crippen LogP contribution in [0.15, 0.2) is 94.9 Å². The zero-order valence-corrected chi connectivity index (χ0v) is 15.0. The Kier molecular flexibility index (Phi) is 8.14. The first-order chi connectivity index (χ1) is 14.2. The molecule has 0 radical (unpaired) electrons. The molecule has 0 spiro atoms. The lowest BCUT2D eigenvalue weighted by atomic mass is 10.2. The summed E-state index contributed by atoms with van der Waals surface area (Å²) in [6, 6.07) is 23.3. The van der Waals surface area contributed by atoms with Gasteiger partial charge in [-0.2, -0.15) is 9.98 Å². The molecule has 7 nitrogen and oxygen atoms in total. The van der Waals surface area contributed by atoms with Crippen LogP contribution in [0.2, 0.25) is 0 Å². The van der Waals surface area contributed by atoms with Crippen LogP contribution < -0.4 is 0 Å². The Balaban J connectivity index is 0.000000221. The first kappa shape index (κ1) is 20.9. The number of hydrogen-bond acceptors (Lipinski definition) is 7. The molecule has 0 unspecified atom stereocenters. The summed E-state index contributed by atoms with van der Waals surface area (Å²) >= 11 is 0. The van der Waals surface area contributed by atoms with Crippen molar-refractivity contribution in [3.05, 3.63) is 96.1 Å². The first-order valence-corrected chi connectivity index (χ1v) is 8.27. The lowest BCUT2D eigenvalue weighted by Gasteiger charge is -2.02. The maximum atomic E-state index is 11.6. The summed E-state index contributed by atoms with van der Waals surface area (Å²) in [5.74, 6) is -1.28. The van der Waals surface area contributed by atoms with Crippen LogP contribution in [0.5, 0.6) is 0 Å². The second-order valence-corrected chi connectivity index (χ2v) is 5.30. The van der Waals surface area contributed by atoms with Gasteiger partial charge in [0.25, 0.3) is 0 Å². The molecule has 7 heteroatoms. The summed E-state index contributed by atoms with van der Waals surface area (Å²) in [6.07, 6.45) is 2.74. The maximum Gasteiger partial charge on any atom is 0.346 e. The van der Waals surface area contributed by atoms with Gasteiger partial charge in [0, 0.05) is 0 Å². The van der Waals surface area contributed by atoms with Gasteiger partial charge in [-0.05, 0) is 36.4 Å². The van der Waals surface area contributed by atoms with E-state index in [4.69, 9.17) is 4.74 Å². The fourth-order valence-electron chi connectivity index (χ4n) is 2.10. The largest absolute Gasteiger partial charge is 0.386 e. The summed E-state index contributed by atoms with van der Waals surface area (Å²) in [4.78, 5) is 49.7. The minimum absolute atomic E-state index is 0.316. The minimum Gasteiger partial charge on any atom is -0.386 e. The normalized spacial score (nSPS) is 8.97. The average Bonchev–Trinajstić information content (AvgIpc) is 2.77. The number of ether oxygens (including phenoxy) is 1. The van der Waals surface area contributed by atoms with E-state index in [0.717, 1.165) is 0 Å². The van der Waals surface area contributed by atoms with E-state index in [9.17, 15) is 19.2 Å². The number of esters is 2. The monoisotopic (exact) mass is 386 g/mol. The van der Waals surface area contributed by atoms with Gasteiger partial charge >= 0.3 is 11.9 Å². The number of carbonyl (C=O) groups is 2. The van der Waals surface area contributed by atoms with Crippen molar-refractivity contribution in [1.29, 1.82) is 0 Å². The Morgan fingerprint density at radius 1 is 0.586 bits per heavy atom. The summed E-state index contributed by atoms with van der Waals surface area (Å²) in [6.45, 7) is 0. The smallest absolute Gasteiger partial charge is 0.346 e. The van der Waals surface area contributed by atoms with Gasteiger partial charge in [0.15, 0.2) is 0 Å². The molecule has 0 fully saturated rings. The van der Waals surface area contributed by atoms with Crippen LogP contribution in [0.1, 0.15) is 20.7 Å². The number of isocyanates is 2.